The second kappa shape index (κ2) is 9.80. The van der Waals surface area contributed by atoms with Crippen molar-refractivity contribution in [3.05, 3.63) is 47.5 Å². The minimum Gasteiger partial charge on any atom is -0.493 e. The minimum absolute atomic E-state index is 0.0230. The molecule has 1 fully saturated rings. The molecule has 0 aliphatic carbocycles. The standard InChI is InChI=1S/C23H29N3O3S/c1-5-18(16-9-11-20(28-3)21(13-16)29-4)25-23(30)24-17-10-8-15(2)19(14-17)26-12-6-7-22(26)27/h8-11,13-14,18H,5-7,12H2,1-4H3,(H2,24,25,30). The van der Waals surface area contributed by atoms with E-state index in [0.717, 1.165) is 41.9 Å². The molecule has 6 nitrogen and oxygen atoms in total. The summed E-state index contributed by atoms with van der Waals surface area (Å²) in [7, 11) is 3.25. The number of hydrogen-bond donors (Lipinski definition) is 2. The summed E-state index contributed by atoms with van der Waals surface area (Å²) in [6.07, 6.45) is 2.36. The third-order valence-corrected chi connectivity index (χ3v) is 5.57. The molecule has 0 spiro atoms. The normalized spacial score (nSPS) is 14.4. The number of carbonyl (C=O) groups excluding carboxylic acids is 1. The Labute approximate surface area is 183 Å². The number of nitrogens with zero attached hydrogens (tertiary/aromatic N) is 1. The smallest absolute Gasteiger partial charge is 0.227 e. The van der Waals surface area contributed by atoms with Gasteiger partial charge in [-0.15, -0.1) is 0 Å². The fourth-order valence-corrected chi connectivity index (χ4v) is 3.96. The van der Waals surface area contributed by atoms with Crippen LogP contribution in [0, 0.1) is 6.92 Å². The Morgan fingerprint density at radius 1 is 1.17 bits per heavy atom. The maximum atomic E-state index is 12.1. The van der Waals surface area contributed by atoms with Crippen molar-refractivity contribution in [3.8, 4) is 11.5 Å². The van der Waals surface area contributed by atoms with Crippen molar-refractivity contribution >= 4 is 34.6 Å². The van der Waals surface area contributed by atoms with Crippen LogP contribution in [0.1, 0.15) is 43.4 Å². The molecule has 3 rings (SSSR count). The number of benzene rings is 2. The van der Waals surface area contributed by atoms with Crippen LogP contribution in [0.4, 0.5) is 11.4 Å². The van der Waals surface area contributed by atoms with Crippen LogP contribution in [0.3, 0.4) is 0 Å². The average Bonchev–Trinajstić information content (AvgIpc) is 3.18. The van der Waals surface area contributed by atoms with Crippen molar-refractivity contribution in [1.29, 1.82) is 0 Å². The molecule has 0 aromatic heterocycles. The molecule has 2 aromatic rings. The molecule has 30 heavy (non-hydrogen) atoms. The van der Waals surface area contributed by atoms with Crippen molar-refractivity contribution in [1.82, 2.24) is 5.32 Å². The predicted molar refractivity (Wildman–Crippen MR) is 125 cm³/mol. The summed E-state index contributed by atoms with van der Waals surface area (Å²) in [5.41, 5.74) is 3.94. The largest absolute Gasteiger partial charge is 0.493 e. The molecule has 0 radical (unpaired) electrons. The van der Waals surface area contributed by atoms with E-state index in [1.165, 1.54) is 0 Å². The summed E-state index contributed by atoms with van der Waals surface area (Å²) in [6, 6.07) is 11.9. The lowest BCUT2D eigenvalue weighted by Crippen LogP contribution is -2.32. The third kappa shape index (κ3) is 4.84. The number of anilines is 2. The van der Waals surface area contributed by atoms with Gasteiger partial charge in [0.05, 0.1) is 20.3 Å². The van der Waals surface area contributed by atoms with E-state index >= 15 is 0 Å². The molecule has 0 bridgehead atoms. The number of rotatable bonds is 7. The van der Waals surface area contributed by atoms with Gasteiger partial charge in [0.25, 0.3) is 0 Å². The zero-order valence-electron chi connectivity index (χ0n) is 18.0. The van der Waals surface area contributed by atoms with Gasteiger partial charge in [0.1, 0.15) is 0 Å². The minimum atomic E-state index is 0.0230. The van der Waals surface area contributed by atoms with Crippen LogP contribution in [0.5, 0.6) is 11.5 Å². The summed E-state index contributed by atoms with van der Waals surface area (Å²) in [6.45, 7) is 4.88. The van der Waals surface area contributed by atoms with Crippen molar-refractivity contribution in [2.24, 2.45) is 0 Å². The van der Waals surface area contributed by atoms with Gasteiger partial charge in [0.2, 0.25) is 5.91 Å². The molecule has 1 unspecified atom stereocenters. The predicted octanol–water partition coefficient (Wildman–Crippen LogP) is 4.58. The molecule has 1 aliphatic heterocycles. The maximum Gasteiger partial charge on any atom is 0.227 e. The molecule has 0 saturated carbocycles. The highest BCUT2D eigenvalue weighted by atomic mass is 32.1. The molecule has 160 valence electrons. The molecule has 1 aliphatic rings. The van der Waals surface area contributed by atoms with Crippen LogP contribution >= 0.6 is 12.2 Å². The van der Waals surface area contributed by atoms with Gasteiger partial charge in [0, 0.05) is 24.3 Å². The van der Waals surface area contributed by atoms with Crippen LogP contribution in [0.2, 0.25) is 0 Å². The lowest BCUT2D eigenvalue weighted by molar-refractivity contribution is -0.117. The Kier molecular flexibility index (Phi) is 7.15. The van der Waals surface area contributed by atoms with Gasteiger partial charge in [-0.25, -0.2) is 0 Å². The fourth-order valence-electron chi connectivity index (χ4n) is 3.70. The van der Waals surface area contributed by atoms with Crippen molar-refractivity contribution in [2.45, 2.75) is 39.2 Å². The van der Waals surface area contributed by atoms with Crippen LogP contribution in [0.15, 0.2) is 36.4 Å². The lowest BCUT2D eigenvalue weighted by Gasteiger charge is -2.22. The van der Waals surface area contributed by atoms with Gasteiger partial charge in [-0.3, -0.25) is 4.79 Å². The Bertz CT molecular complexity index is 932. The second-order valence-electron chi connectivity index (χ2n) is 7.32. The zero-order chi connectivity index (χ0) is 21.7. The molecular weight excluding hydrogens is 398 g/mol. The fraction of sp³-hybridized carbons (Fsp3) is 0.391. The highest BCUT2D eigenvalue weighted by Crippen LogP contribution is 2.31. The molecular formula is C23H29N3O3S. The van der Waals surface area contributed by atoms with Crippen LogP contribution in [-0.2, 0) is 4.79 Å². The maximum absolute atomic E-state index is 12.1. The number of thiocarbonyl (C=S) groups is 1. The van der Waals surface area contributed by atoms with Crippen molar-refractivity contribution < 1.29 is 14.3 Å². The zero-order valence-corrected chi connectivity index (χ0v) is 18.8. The number of carbonyl (C=O) groups is 1. The average molecular weight is 428 g/mol. The SMILES string of the molecule is CCC(NC(=S)Nc1ccc(C)c(N2CCCC2=O)c1)c1ccc(OC)c(OC)c1. The van der Waals surface area contributed by atoms with E-state index in [2.05, 4.69) is 17.6 Å². The van der Waals surface area contributed by atoms with Gasteiger partial charge in [0.15, 0.2) is 16.6 Å². The number of nitrogens with one attached hydrogen (secondary N) is 2. The van der Waals surface area contributed by atoms with Crippen LogP contribution in [-0.4, -0.2) is 31.8 Å². The third-order valence-electron chi connectivity index (χ3n) is 5.35. The molecule has 1 saturated heterocycles. The Balaban J connectivity index is 1.72. The number of ether oxygens (including phenoxy) is 2. The first-order valence-electron chi connectivity index (χ1n) is 10.2. The van der Waals surface area contributed by atoms with Gasteiger partial charge in [-0.2, -0.15) is 0 Å². The van der Waals surface area contributed by atoms with Gasteiger partial charge >= 0.3 is 0 Å². The summed E-state index contributed by atoms with van der Waals surface area (Å²) >= 11 is 5.56. The van der Waals surface area contributed by atoms with E-state index in [-0.39, 0.29) is 11.9 Å². The number of methoxy groups -OCH3 is 2. The van der Waals surface area contributed by atoms with Gasteiger partial charge in [-0.05, 0) is 67.4 Å². The first kappa shape index (κ1) is 21.9. The summed E-state index contributed by atoms with van der Waals surface area (Å²) < 4.78 is 10.7. The molecule has 7 heteroatoms. The van der Waals surface area contributed by atoms with Crippen LogP contribution in [0.25, 0.3) is 0 Å². The van der Waals surface area contributed by atoms with Crippen LogP contribution < -0.4 is 25.0 Å². The van der Waals surface area contributed by atoms with E-state index in [4.69, 9.17) is 21.7 Å². The number of aryl methyl sites for hydroxylation is 1. The lowest BCUT2D eigenvalue weighted by atomic mass is 10.0. The number of hydrogen-bond acceptors (Lipinski definition) is 4. The van der Waals surface area contributed by atoms with Crippen molar-refractivity contribution in [3.63, 3.8) is 0 Å². The highest BCUT2D eigenvalue weighted by molar-refractivity contribution is 7.80. The molecule has 1 heterocycles. The summed E-state index contributed by atoms with van der Waals surface area (Å²) in [4.78, 5) is 14.0. The first-order chi connectivity index (χ1) is 14.5. The topological polar surface area (TPSA) is 62.8 Å². The molecule has 2 aromatic carbocycles. The van der Waals surface area contributed by atoms with Gasteiger partial charge < -0.3 is 25.0 Å². The first-order valence-corrected chi connectivity index (χ1v) is 10.6. The quantitative estimate of drug-likeness (QED) is 0.631. The molecule has 1 atom stereocenters. The summed E-state index contributed by atoms with van der Waals surface area (Å²) in [5, 5.41) is 7.16. The molecule has 2 N–H and O–H groups in total. The monoisotopic (exact) mass is 427 g/mol. The summed E-state index contributed by atoms with van der Waals surface area (Å²) in [5.74, 6) is 1.56. The Hall–Kier alpha value is -2.80. The van der Waals surface area contributed by atoms with E-state index < -0.39 is 0 Å². The van der Waals surface area contributed by atoms with E-state index in [1.807, 2.05) is 48.2 Å². The Morgan fingerprint density at radius 2 is 1.93 bits per heavy atom. The van der Waals surface area contributed by atoms with Crippen molar-refractivity contribution in [2.75, 3.05) is 31.0 Å². The van der Waals surface area contributed by atoms with Gasteiger partial charge in [-0.1, -0.05) is 19.1 Å². The van der Waals surface area contributed by atoms with E-state index in [9.17, 15) is 4.79 Å². The van der Waals surface area contributed by atoms with E-state index in [1.54, 1.807) is 14.2 Å². The second-order valence-corrected chi connectivity index (χ2v) is 7.73. The van der Waals surface area contributed by atoms with E-state index in [0.29, 0.717) is 23.0 Å². The molecule has 1 amide bonds. The highest BCUT2D eigenvalue weighted by Gasteiger charge is 2.23. The Morgan fingerprint density at radius 3 is 2.57 bits per heavy atom. The number of amides is 1.